The lowest BCUT2D eigenvalue weighted by Gasteiger charge is -2.11. The maximum absolute atomic E-state index is 11.2. The average Bonchev–Trinajstić information content (AvgIpc) is 2.51. The highest BCUT2D eigenvalue weighted by molar-refractivity contribution is 7.91. The van der Waals surface area contributed by atoms with Gasteiger partial charge in [-0.2, -0.15) is 0 Å². The molecule has 0 aromatic carbocycles. The van der Waals surface area contributed by atoms with Gasteiger partial charge in [-0.05, 0) is 25.2 Å². The fraction of sp³-hybridized carbons (Fsp3) is 1.00. The van der Waals surface area contributed by atoms with Crippen molar-refractivity contribution in [2.45, 2.75) is 39.2 Å². The van der Waals surface area contributed by atoms with Crippen LogP contribution in [-0.2, 0) is 9.84 Å². The summed E-state index contributed by atoms with van der Waals surface area (Å²) in [7, 11) is -2.79. The monoisotopic (exact) mass is 219 g/mol. The van der Waals surface area contributed by atoms with Crippen molar-refractivity contribution in [3.8, 4) is 0 Å². The third-order valence-electron chi connectivity index (χ3n) is 2.98. The molecule has 4 heteroatoms. The summed E-state index contributed by atoms with van der Waals surface area (Å²) in [5.74, 6) is 1.35. The largest absolute Gasteiger partial charge is 0.313 e. The molecule has 1 fully saturated rings. The first-order valence-electron chi connectivity index (χ1n) is 5.47. The Balaban J connectivity index is 2.16. The van der Waals surface area contributed by atoms with Crippen molar-refractivity contribution in [1.29, 1.82) is 0 Å². The predicted octanol–water partition coefficient (Wildman–Crippen LogP) is 1.20. The summed E-state index contributed by atoms with van der Waals surface area (Å²) in [5.41, 5.74) is 0. The number of hydrogen-bond acceptors (Lipinski definition) is 3. The fourth-order valence-corrected chi connectivity index (χ4v) is 2.67. The fourth-order valence-electron chi connectivity index (χ4n) is 1.96. The van der Waals surface area contributed by atoms with Crippen LogP contribution in [-0.4, -0.2) is 32.5 Å². The molecule has 0 saturated heterocycles. The zero-order chi connectivity index (χ0) is 10.6. The highest BCUT2D eigenvalue weighted by Crippen LogP contribution is 2.24. The number of hydrogen-bond donors (Lipinski definition) is 1. The maximum Gasteiger partial charge on any atom is 0.151 e. The van der Waals surface area contributed by atoms with E-state index in [4.69, 9.17) is 0 Å². The van der Waals surface area contributed by atoms with E-state index in [1.165, 1.54) is 19.3 Å². The Labute approximate surface area is 87.2 Å². The molecule has 1 aliphatic rings. The Kier molecular flexibility index (Phi) is 4.38. The van der Waals surface area contributed by atoms with Gasteiger partial charge in [0.2, 0.25) is 0 Å². The zero-order valence-electron chi connectivity index (χ0n) is 9.12. The predicted molar refractivity (Wildman–Crippen MR) is 59.1 cm³/mol. The summed E-state index contributed by atoms with van der Waals surface area (Å²) in [4.78, 5) is 0. The first-order valence-corrected chi connectivity index (χ1v) is 7.29. The molecular formula is C10H21NO2S. The second kappa shape index (κ2) is 5.12. The summed E-state index contributed by atoms with van der Waals surface area (Å²) in [5, 5.41) is 3.32. The van der Waals surface area contributed by atoms with Gasteiger partial charge in [-0.1, -0.05) is 13.8 Å². The summed E-state index contributed by atoms with van der Waals surface area (Å²) in [6.45, 7) is 4.57. The van der Waals surface area contributed by atoms with E-state index in [-0.39, 0.29) is 11.5 Å². The molecular weight excluding hydrogens is 198 g/mol. The van der Waals surface area contributed by atoms with Crippen LogP contribution in [0.1, 0.15) is 33.1 Å². The van der Waals surface area contributed by atoms with Gasteiger partial charge >= 0.3 is 0 Å². The summed E-state index contributed by atoms with van der Waals surface area (Å²) in [6, 6.07) is 0.553. The van der Waals surface area contributed by atoms with Crippen LogP contribution in [0, 0.1) is 5.92 Å². The van der Waals surface area contributed by atoms with Crippen molar-refractivity contribution in [2.75, 3.05) is 18.1 Å². The van der Waals surface area contributed by atoms with Crippen molar-refractivity contribution in [2.24, 2.45) is 5.92 Å². The molecule has 3 nitrogen and oxygen atoms in total. The van der Waals surface area contributed by atoms with Crippen molar-refractivity contribution in [3.63, 3.8) is 0 Å². The van der Waals surface area contributed by atoms with Crippen LogP contribution in [0.2, 0.25) is 0 Å². The second-order valence-corrected chi connectivity index (χ2v) is 6.78. The van der Waals surface area contributed by atoms with Crippen LogP contribution in [0.4, 0.5) is 0 Å². The van der Waals surface area contributed by atoms with Crippen LogP contribution in [0.15, 0.2) is 0 Å². The summed E-state index contributed by atoms with van der Waals surface area (Å²) >= 11 is 0. The third kappa shape index (κ3) is 3.96. The second-order valence-electron chi connectivity index (χ2n) is 4.31. The Morgan fingerprint density at radius 2 is 2.07 bits per heavy atom. The van der Waals surface area contributed by atoms with Crippen molar-refractivity contribution >= 4 is 9.84 Å². The van der Waals surface area contributed by atoms with Crippen molar-refractivity contribution in [1.82, 2.24) is 5.32 Å². The van der Waals surface area contributed by atoms with E-state index in [2.05, 4.69) is 12.2 Å². The van der Waals surface area contributed by atoms with Crippen LogP contribution in [0.3, 0.4) is 0 Å². The minimum absolute atomic E-state index is 0.260. The molecule has 0 spiro atoms. The molecule has 14 heavy (non-hydrogen) atoms. The van der Waals surface area contributed by atoms with Crippen molar-refractivity contribution < 1.29 is 8.42 Å². The molecule has 1 rings (SSSR count). The zero-order valence-corrected chi connectivity index (χ0v) is 9.94. The molecule has 1 aliphatic carbocycles. The van der Waals surface area contributed by atoms with Gasteiger partial charge in [-0.3, -0.25) is 0 Å². The highest BCUT2D eigenvalue weighted by atomic mass is 32.2. The van der Waals surface area contributed by atoms with E-state index >= 15 is 0 Å². The Morgan fingerprint density at radius 1 is 1.36 bits per heavy atom. The van der Waals surface area contributed by atoms with Gasteiger partial charge in [0.05, 0.1) is 5.75 Å². The van der Waals surface area contributed by atoms with E-state index in [0.717, 1.165) is 5.92 Å². The SMILES string of the molecule is CCS(=O)(=O)CCNC1CCC(C)C1. The number of rotatable bonds is 5. The van der Waals surface area contributed by atoms with Crippen molar-refractivity contribution in [3.05, 3.63) is 0 Å². The van der Waals surface area contributed by atoms with Gasteiger partial charge in [-0.15, -0.1) is 0 Å². The van der Waals surface area contributed by atoms with Gasteiger partial charge in [0, 0.05) is 18.3 Å². The number of sulfone groups is 1. The van der Waals surface area contributed by atoms with E-state index < -0.39 is 9.84 Å². The van der Waals surface area contributed by atoms with Crippen LogP contribution >= 0.6 is 0 Å². The summed E-state index contributed by atoms with van der Waals surface area (Å²) in [6.07, 6.45) is 3.68. The van der Waals surface area contributed by atoms with Gasteiger partial charge in [0.25, 0.3) is 0 Å². The standard InChI is InChI=1S/C10H21NO2S/c1-3-14(12,13)7-6-11-10-5-4-9(2)8-10/h9-11H,3-8H2,1-2H3. The molecule has 0 heterocycles. The van der Waals surface area contributed by atoms with E-state index in [0.29, 0.717) is 12.6 Å². The summed E-state index contributed by atoms with van der Waals surface area (Å²) < 4.78 is 22.4. The van der Waals surface area contributed by atoms with E-state index in [1.54, 1.807) is 6.92 Å². The molecule has 2 atom stereocenters. The molecule has 0 aromatic rings. The smallest absolute Gasteiger partial charge is 0.151 e. The minimum atomic E-state index is -2.79. The molecule has 84 valence electrons. The molecule has 0 amide bonds. The first kappa shape index (κ1) is 12.0. The maximum atomic E-state index is 11.2. The molecule has 0 radical (unpaired) electrons. The van der Waals surface area contributed by atoms with Crippen LogP contribution < -0.4 is 5.32 Å². The molecule has 0 aromatic heterocycles. The molecule has 0 bridgehead atoms. The average molecular weight is 219 g/mol. The number of nitrogens with one attached hydrogen (secondary N) is 1. The lowest BCUT2D eigenvalue weighted by Crippen LogP contribution is -2.31. The Morgan fingerprint density at radius 3 is 2.57 bits per heavy atom. The van der Waals surface area contributed by atoms with Gasteiger partial charge in [0.15, 0.2) is 9.84 Å². The van der Waals surface area contributed by atoms with Gasteiger partial charge < -0.3 is 5.32 Å². The first-order chi connectivity index (χ1) is 6.53. The normalized spacial score (nSPS) is 28.1. The lowest BCUT2D eigenvalue weighted by atomic mass is 10.1. The van der Waals surface area contributed by atoms with E-state index in [1.807, 2.05) is 0 Å². The van der Waals surface area contributed by atoms with Crippen LogP contribution in [0.25, 0.3) is 0 Å². The molecule has 0 aliphatic heterocycles. The van der Waals surface area contributed by atoms with Gasteiger partial charge in [0.1, 0.15) is 0 Å². The third-order valence-corrected chi connectivity index (χ3v) is 4.69. The quantitative estimate of drug-likeness (QED) is 0.756. The molecule has 1 N–H and O–H groups in total. The van der Waals surface area contributed by atoms with Gasteiger partial charge in [-0.25, -0.2) is 8.42 Å². The highest BCUT2D eigenvalue weighted by Gasteiger charge is 2.20. The topological polar surface area (TPSA) is 46.2 Å². The lowest BCUT2D eigenvalue weighted by molar-refractivity contribution is 0.514. The van der Waals surface area contributed by atoms with E-state index in [9.17, 15) is 8.42 Å². The molecule has 1 saturated carbocycles. The molecule has 2 unspecified atom stereocenters. The minimum Gasteiger partial charge on any atom is -0.313 e. The van der Waals surface area contributed by atoms with Crippen LogP contribution in [0.5, 0.6) is 0 Å². The Bertz CT molecular complexity index is 261. The Hall–Kier alpha value is -0.0900.